The Morgan fingerprint density at radius 2 is 1.89 bits per heavy atom. The normalized spacial score (nSPS) is 15.6. The Hall–Kier alpha value is -2.64. The third-order valence-corrected chi connectivity index (χ3v) is 6.38. The summed E-state index contributed by atoms with van der Waals surface area (Å²) in [7, 11) is 0. The average molecular weight is 394 g/mol. The monoisotopic (exact) mass is 393 g/mol. The molecule has 0 saturated heterocycles. The molecule has 0 spiro atoms. The Balaban J connectivity index is 2.00. The third-order valence-electron chi connectivity index (χ3n) is 5.18. The van der Waals surface area contributed by atoms with Crippen LogP contribution in [-0.4, -0.2) is 26.3 Å². The van der Waals surface area contributed by atoms with Crippen molar-refractivity contribution < 1.29 is 4.79 Å². The second kappa shape index (κ2) is 7.07. The van der Waals surface area contributed by atoms with Crippen molar-refractivity contribution in [3.8, 4) is 5.00 Å². The maximum atomic E-state index is 12.0. The van der Waals surface area contributed by atoms with Crippen LogP contribution in [0.15, 0.2) is 29.3 Å². The largest absolute Gasteiger partial charge is 0.326 e. The highest BCUT2D eigenvalue weighted by Crippen LogP contribution is 2.39. The molecular formula is C21H23N5OS. The molecule has 4 rings (SSSR count). The third kappa shape index (κ3) is 3.00. The van der Waals surface area contributed by atoms with E-state index in [9.17, 15) is 4.79 Å². The Kier molecular flexibility index (Phi) is 4.72. The summed E-state index contributed by atoms with van der Waals surface area (Å²) in [5.41, 5.74) is 11.0. The van der Waals surface area contributed by atoms with Crippen molar-refractivity contribution in [2.45, 2.75) is 46.7 Å². The molecular weight excluding hydrogens is 370 g/mol. The van der Waals surface area contributed by atoms with Crippen LogP contribution in [0.4, 0.5) is 0 Å². The highest BCUT2D eigenvalue weighted by molar-refractivity contribution is 7.15. The minimum atomic E-state index is -0.359. The zero-order chi connectivity index (χ0) is 20.0. The highest BCUT2D eigenvalue weighted by atomic mass is 32.1. The predicted molar refractivity (Wildman–Crippen MR) is 111 cm³/mol. The molecule has 28 heavy (non-hydrogen) atoms. The molecule has 0 saturated carbocycles. The number of thiophene rings is 1. The lowest BCUT2D eigenvalue weighted by Crippen LogP contribution is -2.09. The lowest BCUT2D eigenvalue weighted by molar-refractivity contribution is -0.117. The van der Waals surface area contributed by atoms with Gasteiger partial charge < -0.3 is 5.73 Å². The van der Waals surface area contributed by atoms with Gasteiger partial charge in [-0.25, -0.2) is 0 Å². The van der Waals surface area contributed by atoms with Crippen LogP contribution in [-0.2, 0) is 11.3 Å². The fourth-order valence-electron chi connectivity index (χ4n) is 3.60. The van der Waals surface area contributed by atoms with E-state index in [1.807, 2.05) is 19.1 Å². The molecule has 1 atom stereocenters. The van der Waals surface area contributed by atoms with Gasteiger partial charge in [-0.15, -0.1) is 21.5 Å². The topological polar surface area (TPSA) is 86.2 Å². The first-order valence-corrected chi connectivity index (χ1v) is 10.1. The van der Waals surface area contributed by atoms with Crippen LogP contribution in [0, 0.1) is 20.8 Å². The number of benzene rings is 1. The van der Waals surface area contributed by atoms with E-state index in [-0.39, 0.29) is 11.8 Å². The van der Waals surface area contributed by atoms with Gasteiger partial charge >= 0.3 is 0 Å². The number of nitrogens with zero attached hydrogens (tertiary/aromatic N) is 4. The lowest BCUT2D eigenvalue weighted by Gasteiger charge is -2.11. The number of aliphatic imine (C=N–C) groups is 1. The summed E-state index contributed by atoms with van der Waals surface area (Å²) < 4.78 is 2.07. The molecule has 3 heterocycles. The second-order valence-electron chi connectivity index (χ2n) is 7.20. The van der Waals surface area contributed by atoms with Gasteiger partial charge in [0.15, 0.2) is 5.82 Å². The van der Waals surface area contributed by atoms with Crippen molar-refractivity contribution in [3.63, 3.8) is 0 Å². The van der Waals surface area contributed by atoms with Crippen LogP contribution in [0.2, 0.25) is 0 Å². The zero-order valence-electron chi connectivity index (χ0n) is 16.5. The van der Waals surface area contributed by atoms with Crippen LogP contribution >= 0.6 is 11.3 Å². The molecule has 0 unspecified atom stereocenters. The van der Waals surface area contributed by atoms with Gasteiger partial charge in [0.1, 0.15) is 22.7 Å². The van der Waals surface area contributed by atoms with Crippen molar-refractivity contribution >= 4 is 22.8 Å². The molecule has 7 heteroatoms. The summed E-state index contributed by atoms with van der Waals surface area (Å²) in [5.74, 6) is 1.61. The minimum absolute atomic E-state index is 0.0805. The quantitative estimate of drug-likeness (QED) is 0.734. The number of ketones is 1. The Bertz CT molecular complexity index is 1090. The van der Waals surface area contributed by atoms with Gasteiger partial charge in [-0.05, 0) is 38.8 Å². The molecule has 144 valence electrons. The standard InChI is InChI=1S/C21H23N5OS/c1-11(27)9-17-20-25-24-14(4)26(20)21-18(12(2)13(3)28-21)19(23-17)16-7-5-15(10-22)6-8-16/h5-8,17H,9-10,22H2,1-4H3/t17-/m0/s1. The van der Waals surface area contributed by atoms with Gasteiger partial charge in [-0.1, -0.05) is 24.3 Å². The summed E-state index contributed by atoms with van der Waals surface area (Å²) in [6, 6.07) is 7.81. The first kappa shape index (κ1) is 18.7. The first-order chi connectivity index (χ1) is 13.4. The summed E-state index contributed by atoms with van der Waals surface area (Å²) in [6.07, 6.45) is 0.301. The van der Waals surface area contributed by atoms with E-state index < -0.39 is 0 Å². The number of Topliss-reactive ketones (excluding diaryl/α,β-unsaturated/α-hetero) is 1. The molecule has 0 fully saturated rings. The van der Waals surface area contributed by atoms with Crippen molar-refractivity contribution in [2.24, 2.45) is 10.7 Å². The highest BCUT2D eigenvalue weighted by Gasteiger charge is 2.31. The van der Waals surface area contributed by atoms with Crippen LogP contribution in [0.3, 0.4) is 0 Å². The fourth-order valence-corrected chi connectivity index (χ4v) is 4.81. The van der Waals surface area contributed by atoms with Crippen LogP contribution in [0.5, 0.6) is 0 Å². The number of hydrogen-bond donors (Lipinski definition) is 1. The van der Waals surface area contributed by atoms with Crippen LogP contribution < -0.4 is 5.73 Å². The summed E-state index contributed by atoms with van der Waals surface area (Å²) in [6.45, 7) is 8.28. The smallest absolute Gasteiger partial charge is 0.163 e. The molecule has 0 amide bonds. The molecule has 3 aromatic rings. The average Bonchev–Trinajstić information content (AvgIpc) is 3.14. The van der Waals surface area contributed by atoms with E-state index in [2.05, 4.69) is 40.7 Å². The van der Waals surface area contributed by atoms with Crippen LogP contribution in [0.25, 0.3) is 5.00 Å². The number of aromatic nitrogens is 3. The zero-order valence-corrected chi connectivity index (χ0v) is 17.3. The van der Waals surface area contributed by atoms with E-state index in [0.29, 0.717) is 13.0 Å². The number of fused-ring (bicyclic) bond motifs is 3. The SMILES string of the molecule is CC(=O)C[C@@H]1N=C(c2ccc(CN)cc2)c2c(sc(C)c2C)-n2c(C)nnc21. The molecule has 0 bridgehead atoms. The number of carbonyl (C=O) groups excluding carboxylic acids is 1. The van der Waals surface area contributed by atoms with Gasteiger partial charge in [0.2, 0.25) is 0 Å². The fraction of sp³-hybridized carbons (Fsp3) is 0.333. The number of rotatable bonds is 4. The van der Waals surface area contributed by atoms with Gasteiger partial charge in [0.25, 0.3) is 0 Å². The summed E-state index contributed by atoms with van der Waals surface area (Å²) >= 11 is 1.72. The molecule has 1 aromatic carbocycles. The van der Waals surface area contributed by atoms with E-state index >= 15 is 0 Å². The van der Waals surface area contributed by atoms with Gasteiger partial charge in [-0.2, -0.15) is 0 Å². The number of nitrogens with two attached hydrogens (primary N) is 1. The van der Waals surface area contributed by atoms with E-state index in [1.54, 1.807) is 18.3 Å². The molecule has 2 N–H and O–H groups in total. The Morgan fingerprint density at radius 3 is 2.54 bits per heavy atom. The van der Waals surface area contributed by atoms with Gasteiger partial charge in [-0.3, -0.25) is 14.4 Å². The first-order valence-electron chi connectivity index (χ1n) is 9.30. The predicted octanol–water partition coefficient (Wildman–Crippen LogP) is 3.58. The van der Waals surface area contributed by atoms with Crippen molar-refractivity contribution in [1.82, 2.24) is 14.8 Å². The maximum absolute atomic E-state index is 12.0. The van der Waals surface area contributed by atoms with Gasteiger partial charge in [0, 0.05) is 29.0 Å². The number of hydrogen-bond acceptors (Lipinski definition) is 6. The molecule has 0 aliphatic carbocycles. The Morgan fingerprint density at radius 1 is 1.18 bits per heavy atom. The summed E-state index contributed by atoms with van der Waals surface area (Å²) in [5, 5.41) is 9.74. The van der Waals surface area contributed by atoms with Crippen molar-refractivity contribution in [3.05, 3.63) is 63.0 Å². The molecule has 0 radical (unpaired) electrons. The van der Waals surface area contributed by atoms with Crippen molar-refractivity contribution in [1.29, 1.82) is 0 Å². The molecule has 1 aliphatic rings. The Labute approximate surface area is 168 Å². The lowest BCUT2D eigenvalue weighted by atomic mass is 9.98. The van der Waals surface area contributed by atoms with E-state index in [0.717, 1.165) is 39.1 Å². The van der Waals surface area contributed by atoms with Crippen LogP contribution in [0.1, 0.15) is 58.2 Å². The molecule has 1 aliphatic heterocycles. The van der Waals surface area contributed by atoms with Gasteiger partial charge in [0.05, 0.1) is 5.71 Å². The second-order valence-corrected chi connectivity index (χ2v) is 8.41. The molecule has 6 nitrogen and oxygen atoms in total. The van der Waals surface area contributed by atoms with E-state index in [1.165, 1.54) is 10.4 Å². The molecule has 2 aromatic heterocycles. The number of aryl methyl sites for hydroxylation is 2. The van der Waals surface area contributed by atoms with Crippen molar-refractivity contribution in [2.75, 3.05) is 0 Å². The number of carbonyl (C=O) groups is 1. The minimum Gasteiger partial charge on any atom is -0.326 e. The van der Waals surface area contributed by atoms with E-state index in [4.69, 9.17) is 10.7 Å². The maximum Gasteiger partial charge on any atom is 0.163 e. The summed E-state index contributed by atoms with van der Waals surface area (Å²) in [4.78, 5) is 18.3.